The summed E-state index contributed by atoms with van der Waals surface area (Å²) in [6, 6.07) is -0.640. The van der Waals surface area contributed by atoms with E-state index in [1.807, 2.05) is 0 Å². The van der Waals surface area contributed by atoms with Crippen LogP contribution in [-0.2, 0) is 0 Å². The average molecular weight is 216 g/mol. The van der Waals surface area contributed by atoms with Crippen molar-refractivity contribution >= 4 is 11.9 Å². The quantitative estimate of drug-likeness (QED) is 0.206. The highest BCUT2D eigenvalue weighted by molar-refractivity contribution is 5.88. The monoisotopic (exact) mass is 216 g/mol. The van der Waals surface area contributed by atoms with Crippen molar-refractivity contribution in [1.29, 1.82) is 0 Å². The van der Waals surface area contributed by atoms with E-state index in [9.17, 15) is 4.79 Å². The number of urea groups is 1. The zero-order valence-corrected chi connectivity index (χ0v) is 9.53. The predicted octanol–water partition coefficient (Wildman–Crippen LogP) is 0.563. The second-order valence-corrected chi connectivity index (χ2v) is 3.40. The van der Waals surface area contributed by atoms with Crippen LogP contribution in [-0.4, -0.2) is 41.6 Å². The summed E-state index contributed by atoms with van der Waals surface area (Å²) in [5, 5.41) is 14.1. The van der Waals surface area contributed by atoms with E-state index in [2.05, 4.69) is 17.4 Å². The van der Waals surface area contributed by atoms with Crippen LogP contribution in [0.2, 0.25) is 0 Å². The van der Waals surface area contributed by atoms with Crippen LogP contribution in [0.25, 0.3) is 0 Å². The molecule has 0 bridgehead atoms. The van der Waals surface area contributed by atoms with Crippen LogP contribution in [0.3, 0.4) is 0 Å². The molecule has 1 atom stereocenters. The summed E-state index contributed by atoms with van der Waals surface area (Å²) >= 11 is 0. The number of nitrogens with one attached hydrogen (secondary N) is 1. The van der Waals surface area contributed by atoms with Gasteiger partial charge in [0, 0.05) is 13.6 Å². The second-order valence-electron chi connectivity index (χ2n) is 3.40. The first-order valence-corrected chi connectivity index (χ1v) is 5.02. The van der Waals surface area contributed by atoms with Crippen molar-refractivity contribution < 1.29 is 10.0 Å². The Morgan fingerprint density at radius 1 is 1.67 bits per heavy atom. The molecule has 0 aromatic heterocycles. The van der Waals surface area contributed by atoms with Crippen LogP contribution in [0.4, 0.5) is 4.79 Å². The summed E-state index contributed by atoms with van der Waals surface area (Å²) in [7, 11) is 1.60. The second kappa shape index (κ2) is 6.92. The molecule has 0 saturated carbocycles. The van der Waals surface area contributed by atoms with Gasteiger partial charge in [0.25, 0.3) is 0 Å². The van der Waals surface area contributed by atoms with Gasteiger partial charge >= 0.3 is 6.03 Å². The van der Waals surface area contributed by atoms with E-state index >= 15 is 0 Å². The van der Waals surface area contributed by atoms with E-state index in [0.717, 1.165) is 12.8 Å². The first-order chi connectivity index (χ1) is 7.04. The van der Waals surface area contributed by atoms with Gasteiger partial charge < -0.3 is 21.2 Å². The lowest BCUT2D eigenvalue weighted by molar-refractivity contribution is 0.203. The minimum Gasteiger partial charge on any atom is -0.409 e. The van der Waals surface area contributed by atoms with E-state index in [1.54, 1.807) is 14.0 Å². The Morgan fingerprint density at radius 3 is 2.73 bits per heavy atom. The lowest BCUT2D eigenvalue weighted by Crippen LogP contribution is -2.48. The van der Waals surface area contributed by atoms with Crippen LogP contribution < -0.4 is 11.1 Å². The smallest absolute Gasteiger partial charge is 0.317 e. The number of unbranched alkanes of at least 4 members (excludes halogenated alkanes) is 1. The molecular formula is C9H20N4O2. The van der Waals surface area contributed by atoms with Crippen molar-refractivity contribution in [1.82, 2.24) is 10.2 Å². The van der Waals surface area contributed by atoms with E-state index in [4.69, 9.17) is 10.9 Å². The van der Waals surface area contributed by atoms with Crippen LogP contribution in [0.5, 0.6) is 0 Å². The van der Waals surface area contributed by atoms with Gasteiger partial charge in [0.15, 0.2) is 5.84 Å². The molecule has 0 aromatic carbocycles. The first-order valence-electron chi connectivity index (χ1n) is 5.02. The largest absolute Gasteiger partial charge is 0.409 e. The molecule has 0 aliphatic carbocycles. The molecule has 0 fully saturated rings. The Kier molecular flexibility index (Phi) is 6.24. The molecule has 15 heavy (non-hydrogen) atoms. The molecule has 0 aliphatic heterocycles. The van der Waals surface area contributed by atoms with Gasteiger partial charge in [-0.2, -0.15) is 0 Å². The van der Waals surface area contributed by atoms with Gasteiger partial charge in [-0.05, 0) is 13.3 Å². The first kappa shape index (κ1) is 13.5. The minimum absolute atomic E-state index is 0.0168. The van der Waals surface area contributed by atoms with Crippen molar-refractivity contribution in [2.24, 2.45) is 10.9 Å². The van der Waals surface area contributed by atoms with Gasteiger partial charge in [-0.3, -0.25) is 0 Å². The Labute approximate surface area is 90.1 Å². The van der Waals surface area contributed by atoms with Crippen molar-refractivity contribution in [2.45, 2.75) is 32.7 Å². The highest BCUT2D eigenvalue weighted by atomic mass is 16.4. The molecule has 0 spiro atoms. The fourth-order valence-corrected chi connectivity index (χ4v) is 0.955. The zero-order chi connectivity index (χ0) is 11.8. The van der Waals surface area contributed by atoms with Crippen LogP contribution in [0.1, 0.15) is 26.7 Å². The third-order valence-corrected chi connectivity index (χ3v) is 2.25. The van der Waals surface area contributed by atoms with Crippen molar-refractivity contribution in [3.8, 4) is 0 Å². The number of amides is 2. The van der Waals surface area contributed by atoms with Gasteiger partial charge in [0.05, 0.1) is 6.04 Å². The molecular weight excluding hydrogens is 196 g/mol. The number of nitrogens with zero attached hydrogens (tertiary/aromatic N) is 2. The van der Waals surface area contributed by atoms with Crippen LogP contribution >= 0.6 is 0 Å². The third-order valence-electron chi connectivity index (χ3n) is 2.25. The van der Waals surface area contributed by atoms with Crippen LogP contribution in [0.15, 0.2) is 5.16 Å². The Balaban J connectivity index is 4.08. The summed E-state index contributed by atoms with van der Waals surface area (Å²) in [4.78, 5) is 12.9. The van der Waals surface area contributed by atoms with Crippen molar-refractivity contribution in [3.63, 3.8) is 0 Å². The van der Waals surface area contributed by atoms with Crippen LogP contribution in [0, 0.1) is 0 Å². The summed E-state index contributed by atoms with van der Waals surface area (Å²) in [5.41, 5.74) is 5.39. The predicted molar refractivity (Wildman–Crippen MR) is 58.9 cm³/mol. The Hall–Kier alpha value is -1.46. The van der Waals surface area contributed by atoms with Gasteiger partial charge in [-0.25, -0.2) is 4.79 Å². The number of hydrogen-bond acceptors (Lipinski definition) is 3. The Morgan fingerprint density at radius 2 is 2.27 bits per heavy atom. The number of carbonyl (C=O) groups is 1. The maximum Gasteiger partial charge on any atom is 0.317 e. The summed E-state index contributed by atoms with van der Waals surface area (Å²) in [6.07, 6.45) is 1.97. The molecule has 0 heterocycles. The number of carbonyl (C=O) groups excluding carboxylic acids is 1. The fourth-order valence-electron chi connectivity index (χ4n) is 0.955. The lowest BCUT2D eigenvalue weighted by atomic mass is 10.3. The molecule has 6 nitrogen and oxygen atoms in total. The molecule has 0 saturated heterocycles. The lowest BCUT2D eigenvalue weighted by Gasteiger charge is -2.23. The summed E-state index contributed by atoms with van der Waals surface area (Å²) in [6.45, 7) is 4.38. The fraction of sp³-hybridized carbons (Fsp3) is 0.778. The molecule has 6 heteroatoms. The topological polar surface area (TPSA) is 91.0 Å². The van der Waals surface area contributed by atoms with Gasteiger partial charge in [0.1, 0.15) is 0 Å². The molecule has 0 rings (SSSR count). The third kappa shape index (κ3) is 4.53. The average Bonchev–Trinajstić information content (AvgIpc) is 2.26. The van der Waals surface area contributed by atoms with E-state index in [0.29, 0.717) is 6.54 Å². The SMILES string of the molecule is CCCCNC(=O)N(C)C(C)C(N)=NO. The molecule has 0 aromatic rings. The van der Waals surface area contributed by atoms with E-state index < -0.39 is 6.04 Å². The number of amidine groups is 1. The molecule has 0 aliphatic rings. The molecule has 4 N–H and O–H groups in total. The normalized spacial score (nSPS) is 13.4. The number of oxime groups is 1. The maximum atomic E-state index is 11.5. The van der Waals surface area contributed by atoms with Gasteiger partial charge in [0.2, 0.25) is 0 Å². The summed E-state index contributed by atoms with van der Waals surface area (Å²) in [5.74, 6) is 0.0168. The molecule has 0 radical (unpaired) electrons. The number of rotatable bonds is 5. The highest BCUT2D eigenvalue weighted by Crippen LogP contribution is 1.96. The van der Waals surface area contributed by atoms with Crippen molar-refractivity contribution in [2.75, 3.05) is 13.6 Å². The van der Waals surface area contributed by atoms with E-state index in [1.165, 1.54) is 4.90 Å². The zero-order valence-electron chi connectivity index (χ0n) is 9.53. The minimum atomic E-state index is -0.420. The molecule has 1 unspecified atom stereocenters. The van der Waals surface area contributed by atoms with E-state index in [-0.39, 0.29) is 11.9 Å². The van der Waals surface area contributed by atoms with Crippen molar-refractivity contribution in [3.05, 3.63) is 0 Å². The number of nitrogens with two attached hydrogens (primary N) is 1. The molecule has 88 valence electrons. The number of likely N-dealkylation sites (N-methyl/N-ethyl adjacent to an activating group) is 1. The van der Waals surface area contributed by atoms with Gasteiger partial charge in [-0.15, -0.1) is 0 Å². The highest BCUT2D eigenvalue weighted by Gasteiger charge is 2.18. The Bertz CT molecular complexity index is 230. The standard InChI is InChI=1S/C9H20N4O2/c1-4-5-6-11-9(14)13(3)7(2)8(10)12-15/h7,15H,4-6H2,1-3H3,(H2,10,12)(H,11,14). The van der Waals surface area contributed by atoms with Gasteiger partial charge in [-0.1, -0.05) is 18.5 Å². The summed E-state index contributed by atoms with van der Waals surface area (Å²) < 4.78 is 0. The number of hydrogen-bond donors (Lipinski definition) is 3. The molecule has 2 amide bonds. The maximum absolute atomic E-state index is 11.5.